The summed E-state index contributed by atoms with van der Waals surface area (Å²) in [4.78, 5) is 45.7. The molecule has 0 bridgehead atoms. The number of thiazole rings is 1. The van der Waals surface area contributed by atoms with Gasteiger partial charge in [0.1, 0.15) is 5.01 Å². The Labute approximate surface area is 188 Å². The Balaban J connectivity index is 1.52. The zero-order valence-electron chi connectivity index (χ0n) is 16.9. The molecule has 1 unspecified atom stereocenters. The Morgan fingerprint density at radius 3 is 2.87 bits per heavy atom. The van der Waals surface area contributed by atoms with E-state index in [1.807, 2.05) is 17.5 Å². The second kappa shape index (κ2) is 10.4. The summed E-state index contributed by atoms with van der Waals surface area (Å²) >= 11 is 8.88. The second-order valence-electron chi connectivity index (χ2n) is 7.11. The van der Waals surface area contributed by atoms with Crippen LogP contribution in [0.2, 0.25) is 4.34 Å². The van der Waals surface area contributed by atoms with E-state index in [4.69, 9.17) is 16.3 Å². The van der Waals surface area contributed by atoms with Gasteiger partial charge < -0.3 is 14.5 Å². The van der Waals surface area contributed by atoms with Gasteiger partial charge in [0.15, 0.2) is 0 Å². The number of amides is 2. The lowest BCUT2D eigenvalue weighted by Gasteiger charge is -2.32. The Bertz CT molecular complexity index is 914. The maximum Gasteiger partial charge on any atom is 0.310 e. The Morgan fingerprint density at radius 1 is 1.37 bits per heavy atom. The van der Waals surface area contributed by atoms with Gasteiger partial charge in [-0.1, -0.05) is 11.6 Å². The highest BCUT2D eigenvalue weighted by Crippen LogP contribution is 2.33. The molecule has 1 fully saturated rings. The molecule has 2 aromatic heterocycles. The second-order valence-corrected chi connectivity index (χ2v) is 9.68. The van der Waals surface area contributed by atoms with Gasteiger partial charge in [-0.15, -0.1) is 22.7 Å². The molecule has 2 aromatic rings. The van der Waals surface area contributed by atoms with Crippen molar-refractivity contribution in [2.24, 2.45) is 5.92 Å². The number of nitrogens with zero attached hydrogens (tertiary/aromatic N) is 3. The molecule has 2 amide bonds. The van der Waals surface area contributed by atoms with Gasteiger partial charge in [0, 0.05) is 25.5 Å². The predicted octanol–water partition coefficient (Wildman–Crippen LogP) is 3.33. The molecule has 0 aliphatic carbocycles. The van der Waals surface area contributed by atoms with E-state index in [1.165, 1.54) is 27.6 Å². The largest absolute Gasteiger partial charge is 0.466 e. The number of carbonyl (C=O) groups is 3. The normalized spacial score (nSPS) is 16.4. The summed E-state index contributed by atoms with van der Waals surface area (Å²) < 4.78 is 5.77. The molecular weight excluding hydrogens is 446 g/mol. The fraction of sp³-hybridized carbons (Fsp3) is 0.500. The van der Waals surface area contributed by atoms with Crippen LogP contribution in [0.15, 0.2) is 17.5 Å². The van der Waals surface area contributed by atoms with Gasteiger partial charge in [-0.05, 0) is 31.9 Å². The zero-order chi connectivity index (χ0) is 21.7. The number of halogens is 1. The summed E-state index contributed by atoms with van der Waals surface area (Å²) in [6.45, 7) is 3.02. The van der Waals surface area contributed by atoms with Crippen molar-refractivity contribution in [2.45, 2.75) is 26.2 Å². The van der Waals surface area contributed by atoms with Crippen LogP contribution in [0.1, 0.15) is 25.5 Å². The molecule has 10 heteroatoms. The minimum Gasteiger partial charge on any atom is -0.466 e. The van der Waals surface area contributed by atoms with E-state index in [-0.39, 0.29) is 36.7 Å². The lowest BCUT2D eigenvalue weighted by atomic mass is 9.98. The number of hydrogen-bond acceptors (Lipinski definition) is 7. The molecular formula is C20H24ClN3O4S2. The van der Waals surface area contributed by atoms with Crippen LogP contribution in [0.4, 0.5) is 0 Å². The molecule has 0 saturated carbocycles. The van der Waals surface area contributed by atoms with Crippen LogP contribution < -0.4 is 0 Å². The summed E-state index contributed by atoms with van der Waals surface area (Å²) in [5.41, 5.74) is 0.671. The molecule has 3 rings (SSSR count). The molecule has 1 aliphatic heterocycles. The number of esters is 1. The molecule has 162 valence electrons. The minimum atomic E-state index is -0.289. The summed E-state index contributed by atoms with van der Waals surface area (Å²) in [5.74, 6) is -0.885. The fourth-order valence-electron chi connectivity index (χ4n) is 3.27. The van der Waals surface area contributed by atoms with Crippen molar-refractivity contribution in [1.29, 1.82) is 0 Å². The van der Waals surface area contributed by atoms with Crippen LogP contribution >= 0.6 is 34.3 Å². The first-order chi connectivity index (χ1) is 14.4. The van der Waals surface area contributed by atoms with Crippen molar-refractivity contribution < 1.29 is 19.1 Å². The number of thiophene rings is 1. The molecule has 3 heterocycles. The standard InChI is InChI=1S/C20H24ClN3O4S2/c1-3-28-20(27)13-5-4-8-24(10-13)18(26)11-23(2)17(25)9-14-12-29-19(22-14)15-6-7-16(21)30-15/h6-7,12-13H,3-5,8-11H2,1-2H3. The summed E-state index contributed by atoms with van der Waals surface area (Å²) in [6.07, 6.45) is 1.60. The van der Waals surface area contributed by atoms with Crippen LogP contribution in [0, 0.1) is 5.92 Å². The number of carbonyl (C=O) groups excluding carboxylic acids is 3. The third-order valence-corrected chi connectivity index (χ3v) is 7.15. The lowest BCUT2D eigenvalue weighted by Crippen LogP contribution is -2.47. The number of likely N-dealkylation sites (N-methyl/N-ethyl adjacent to an activating group) is 1. The summed E-state index contributed by atoms with van der Waals surface area (Å²) in [7, 11) is 1.61. The van der Waals surface area contributed by atoms with Crippen molar-refractivity contribution in [3.8, 4) is 9.88 Å². The van der Waals surface area contributed by atoms with Crippen LogP contribution in [-0.4, -0.2) is 65.9 Å². The Hall–Kier alpha value is -1.97. The monoisotopic (exact) mass is 469 g/mol. The molecule has 30 heavy (non-hydrogen) atoms. The molecule has 7 nitrogen and oxygen atoms in total. The first-order valence-corrected chi connectivity index (χ1v) is 11.8. The fourth-order valence-corrected chi connectivity index (χ4v) is 5.20. The molecule has 0 aromatic carbocycles. The average molecular weight is 470 g/mol. The number of piperidine rings is 1. The first-order valence-electron chi connectivity index (χ1n) is 9.75. The molecule has 0 radical (unpaired) electrons. The molecule has 1 saturated heterocycles. The van der Waals surface area contributed by atoms with Gasteiger partial charge in [0.2, 0.25) is 11.8 Å². The molecule has 1 atom stereocenters. The third-order valence-electron chi connectivity index (χ3n) is 4.86. The van der Waals surface area contributed by atoms with Gasteiger partial charge in [-0.25, -0.2) is 4.98 Å². The van der Waals surface area contributed by atoms with E-state index in [0.29, 0.717) is 29.7 Å². The molecule has 1 aliphatic rings. The summed E-state index contributed by atoms with van der Waals surface area (Å²) in [5, 5.41) is 2.68. The Morgan fingerprint density at radius 2 is 2.17 bits per heavy atom. The minimum absolute atomic E-state index is 0.0219. The van der Waals surface area contributed by atoms with E-state index in [2.05, 4.69) is 4.98 Å². The third kappa shape index (κ3) is 5.80. The van der Waals surface area contributed by atoms with Gasteiger partial charge in [0.25, 0.3) is 0 Å². The van der Waals surface area contributed by atoms with Gasteiger partial charge >= 0.3 is 5.97 Å². The van der Waals surface area contributed by atoms with Gasteiger partial charge in [0.05, 0.1) is 40.4 Å². The smallest absolute Gasteiger partial charge is 0.310 e. The number of ether oxygens (including phenoxy) is 1. The topological polar surface area (TPSA) is 79.8 Å². The van der Waals surface area contributed by atoms with E-state index in [0.717, 1.165) is 22.7 Å². The van der Waals surface area contributed by atoms with Gasteiger partial charge in [-0.3, -0.25) is 14.4 Å². The summed E-state index contributed by atoms with van der Waals surface area (Å²) in [6, 6.07) is 3.73. The maximum atomic E-state index is 12.6. The zero-order valence-corrected chi connectivity index (χ0v) is 19.3. The van der Waals surface area contributed by atoms with E-state index in [1.54, 1.807) is 18.9 Å². The number of hydrogen-bond donors (Lipinski definition) is 0. The van der Waals surface area contributed by atoms with Gasteiger partial charge in [-0.2, -0.15) is 0 Å². The van der Waals surface area contributed by atoms with Crippen LogP contribution in [0.25, 0.3) is 9.88 Å². The van der Waals surface area contributed by atoms with Crippen molar-refractivity contribution in [3.05, 3.63) is 27.5 Å². The van der Waals surface area contributed by atoms with E-state index in [9.17, 15) is 14.4 Å². The van der Waals surface area contributed by atoms with Crippen molar-refractivity contribution in [3.63, 3.8) is 0 Å². The Kier molecular flexibility index (Phi) is 7.85. The highest BCUT2D eigenvalue weighted by Gasteiger charge is 2.30. The van der Waals surface area contributed by atoms with Crippen molar-refractivity contribution >= 4 is 52.1 Å². The van der Waals surface area contributed by atoms with E-state index >= 15 is 0 Å². The maximum absolute atomic E-state index is 12.6. The van der Waals surface area contributed by atoms with Crippen LogP contribution in [0.3, 0.4) is 0 Å². The van der Waals surface area contributed by atoms with Crippen LogP contribution in [0.5, 0.6) is 0 Å². The van der Waals surface area contributed by atoms with Crippen molar-refractivity contribution in [1.82, 2.24) is 14.8 Å². The predicted molar refractivity (Wildman–Crippen MR) is 118 cm³/mol. The SMILES string of the molecule is CCOC(=O)C1CCCN(C(=O)CN(C)C(=O)Cc2csc(-c3ccc(Cl)s3)n2)C1. The average Bonchev–Trinajstić information content (AvgIpc) is 3.37. The van der Waals surface area contributed by atoms with Crippen LogP contribution in [-0.2, 0) is 25.5 Å². The number of aromatic nitrogens is 1. The van der Waals surface area contributed by atoms with E-state index < -0.39 is 0 Å². The molecule has 0 N–H and O–H groups in total. The number of likely N-dealkylation sites (tertiary alicyclic amines) is 1. The molecule has 0 spiro atoms. The first kappa shape index (κ1) is 22.7. The quantitative estimate of drug-likeness (QED) is 0.581. The lowest BCUT2D eigenvalue weighted by molar-refractivity contribution is -0.152. The highest BCUT2D eigenvalue weighted by molar-refractivity contribution is 7.23. The van der Waals surface area contributed by atoms with Crippen molar-refractivity contribution in [2.75, 3.05) is 33.3 Å². The highest BCUT2D eigenvalue weighted by atomic mass is 35.5. The number of rotatable bonds is 7.